The highest BCUT2D eigenvalue weighted by Crippen LogP contribution is 2.31. The second-order valence-electron chi connectivity index (χ2n) is 5.92. The van der Waals surface area contributed by atoms with Crippen molar-refractivity contribution < 1.29 is 13.2 Å². The highest BCUT2D eigenvalue weighted by Gasteiger charge is 2.30. The molecule has 0 unspecified atom stereocenters. The molecule has 0 amide bonds. The molecule has 1 aromatic carbocycles. The summed E-state index contributed by atoms with van der Waals surface area (Å²) in [6.07, 6.45) is -4.32. The fourth-order valence-electron chi connectivity index (χ4n) is 3.05. The van der Waals surface area contributed by atoms with Crippen molar-refractivity contribution in [2.45, 2.75) is 13.1 Å². The third-order valence-electron chi connectivity index (χ3n) is 4.26. The Kier molecular flexibility index (Phi) is 4.32. The van der Waals surface area contributed by atoms with Gasteiger partial charge in [0.2, 0.25) is 5.95 Å². The number of hydrogen-bond donors (Lipinski definition) is 2. The number of anilines is 4. The summed E-state index contributed by atoms with van der Waals surface area (Å²) in [4.78, 5) is 12.3. The largest absolute Gasteiger partial charge is 0.416 e. The highest BCUT2D eigenvalue weighted by molar-refractivity contribution is 5.68. The Balaban J connectivity index is 1.70. The first-order valence-corrected chi connectivity index (χ1v) is 7.82. The van der Waals surface area contributed by atoms with Gasteiger partial charge < -0.3 is 21.3 Å². The van der Waals surface area contributed by atoms with Crippen LogP contribution in [0.25, 0.3) is 0 Å². The van der Waals surface area contributed by atoms with E-state index < -0.39 is 11.7 Å². The number of rotatable bonds is 2. The Morgan fingerprint density at radius 2 is 1.48 bits per heavy atom. The van der Waals surface area contributed by atoms with Crippen LogP contribution in [0.1, 0.15) is 11.3 Å². The summed E-state index contributed by atoms with van der Waals surface area (Å²) in [5, 5.41) is 0. The maximum Gasteiger partial charge on any atom is 0.416 e. The fraction of sp³-hybridized carbons (Fsp3) is 0.375. The quantitative estimate of drug-likeness (QED) is 0.863. The minimum Gasteiger partial charge on any atom is -0.382 e. The van der Waals surface area contributed by atoms with Gasteiger partial charge in [0.25, 0.3) is 0 Å². The lowest BCUT2D eigenvalue weighted by molar-refractivity contribution is -0.137. The van der Waals surface area contributed by atoms with Crippen LogP contribution in [0, 0.1) is 6.92 Å². The molecule has 1 saturated heterocycles. The molecule has 6 nitrogen and oxygen atoms in total. The lowest BCUT2D eigenvalue weighted by atomic mass is 10.1. The van der Waals surface area contributed by atoms with Crippen molar-refractivity contribution in [3.8, 4) is 0 Å². The maximum atomic E-state index is 12.7. The van der Waals surface area contributed by atoms with Gasteiger partial charge in [-0.05, 0) is 31.2 Å². The van der Waals surface area contributed by atoms with E-state index in [4.69, 9.17) is 11.5 Å². The van der Waals surface area contributed by atoms with Gasteiger partial charge in [-0.3, -0.25) is 0 Å². The molecule has 2 aromatic rings. The molecule has 25 heavy (non-hydrogen) atoms. The number of nitrogens with zero attached hydrogens (tertiary/aromatic N) is 4. The molecule has 4 N–H and O–H groups in total. The molecule has 9 heteroatoms. The summed E-state index contributed by atoms with van der Waals surface area (Å²) in [6, 6.07) is 5.23. The van der Waals surface area contributed by atoms with E-state index in [9.17, 15) is 13.2 Å². The van der Waals surface area contributed by atoms with Crippen LogP contribution in [-0.4, -0.2) is 36.1 Å². The summed E-state index contributed by atoms with van der Waals surface area (Å²) in [5.41, 5.74) is 13.2. The number of nitrogens with two attached hydrogens (primary N) is 2. The van der Waals surface area contributed by atoms with E-state index in [1.165, 1.54) is 12.1 Å². The minimum absolute atomic E-state index is 0.141. The van der Waals surface area contributed by atoms with Crippen LogP contribution in [0.3, 0.4) is 0 Å². The van der Waals surface area contributed by atoms with Crippen molar-refractivity contribution in [3.63, 3.8) is 0 Å². The average molecular weight is 352 g/mol. The van der Waals surface area contributed by atoms with E-state index in [0.717, 1.165) is 23.5 Å². The molecule has 0 bridgehead atoms. The third kappa shape index (κ3) is 3.54. The summed E-state index contributed by atoms with van der Waals surface area (Å²) < 4.78 is 38.0. The van der Waals surface area contributed by atoms with Crippen LogP contribution in [0.5, 0.6) is 0 Å². The Bertz CT molecular complexity index is 728. The zero-order valence-electron chi connectivity index (χ0n) is 13.7. The van der Waals surface area contributed by atoms with Gasteiger partial charge in [-0.25, -0.2) is 4.98 Å². The molecule has 1 aliphatic heterocycles. The Labute approximate surface area is 143 Å². The van der Waals surface area contributed by atoms with Gasteiger partial charge in [0.05, 0.1) is 11.3 Å². The monoisotopic (exact) mass is 352 g/mol. The first-order chi connectivity index (χ1) is 11.8. The number of hydrogen-bond acceptors (Lipinski definition) is 6. The van der Waals surface area contributed by atoms with Crippen LogP contribution in [0.4, 0.5) is 36.3 Å². The lowest BCUT2D eigenvalue weighted by Crippen LogP contribution is -2.47. The van der Waals surface area contributed by atoms with Crippen molar-refractivity contribution in [2.24, 2.45) is 0 Å². The smallest absolute Gasteiger partial charge is 0.382 e. The number of alkyl halides is 3. The summed E-state index contributed by atoms with van der Waals surface area (Å²) in [6.45, 7) is 4.48. The molecule has 0 saturated carbocycles. The molecule has 0 radical (unpaired) electrons. The summed E-state index contributed by atoms with van der Waals surface area (Å²) in [7, 11) is 0. The van der Waals surface area contributed by atoms with Gasteiger partial charge in [-0.1, -0.05) is 0 Å². The van der Waals surface area contributed by atoms with E-state index in [2.05, 4.69) is 14.9 Å². The van der Waals surface area contributed by atoms with E-state index in [1.807, 2.05) is 11.8 Å². The number of benzene rings is 1. The fourth-order valence-corrected chi connectivity index (χ4v) is 3.05. The molecule has 1 fully saturated rings. The lowest BCUT2D eigenvalue weighted by Gasteiger charge is -2.38. The van der Waals surface area contributed by atoms with Crippen molar-refractivity contribution in [1.29, 1.82) is 0 Å². The number of aryl methyl sites for hydroxylation is 1. The molecule has 0 aliphatic carbocycles. The van der Waals surface area contributed by atoms with Gasteiger partial charge in [0, 0.05) is 31.9 Å². The van der Waals surface area contributed by atoms with Gasteiger partial charge in [-0.2, -0.15) is 18.2 Å². The molecule has 2 heterocycles. The van der Waals surface area contributed by atoms with E-state index in [-0.39, 0.29) is 5.95 Å². The molecular weight excluding hydrogens is 333 g/mol. The highest BCUT2D eigenvalue weighted by atomic mass is 19.4. The Morgan fingerprint density at radius 3 is 2.00 bits per heavy atom. The van der Waals surface area contributed by atoms with E-state index >= 15 is 0 Å². The first-order valence-electron chi connectivity index (χ1n) is 7.82. The van der Waals surface area contributed by atoms with Gasteiger partial charge in [-0.15, -0.1) is 0 Å². The molecular formula is C16H19F3N6. The van der Waals surface area contributed by atoms with Crippen LogP contribution >= 0.6 is 0 Å². The number of nitrogen functional groups attached to an aromatic ring is 2. The first kappa shape index (κ1) is 17.1. The normalized spacial score (nSPS) is 15.5. The average Bonchev–Trinajstić information content (AvgIpc) is 2.54. The standard InChI is InChI=1S/C16H19F3N6/c1-10-13(14(20)23-15(21)22-10)25-8-6-24(7-9-25)12-4-2-11(3-5-12)16(17,18)19/h2-5H,6-9H2,1H3,(H4,20,21,22,23). The molecule has 1 aliphatic rings. The van der Waals surface area contributed by atoms with E-state index in [0.29, 0.717) is 37.7 Å². The Morgan fingerprint density at radius 1 is 0.920 bits per heavy atom. The topological polar surface area (TPSA) is 84.3 Å². The molecule has 134 valence electrons. The second kappa shape index (κ2) is 6.30. The molecule has 0 atom stereocenters. The second-order valence-corrected chi connectivity index (χ2v) is 5.92. The Hall–Kier alpha value is -2.71. The molecule has 1 aromatic heterocycles. The predicted octanol–water partition coefficient (Wildman–Crippen LogP) is 2.29. The van der Waals surface area contributed by atoms with Crippen molar-refractivity contribution in [1.82, 2.24) is 9.97 Å². The van der Waals surface area contributed by atoms with Gasteiger partial charge in [0.15, 0.2) is 5.82 Å². The van der Waals surface area contributed by atoms with Gasteiger partial charge in [0.1, 0.15) is 5.69 Å². The predicted molar refractivity (Wildman–Crippen MR) is 91.5 cm³/mol. The van der Waals surface area contributed by atoms with Crippen molar-refractivity contribution in [3.05, 3.63) is 35.5 Å². The summed E-state index contributed by atoms with van der Waals surface area (Å²) in [5.74, 6) is 0.482. The maximum absolute atomic E-state index is 12.7. The van der Waals surface area contributed by atoms with Crippen molar-refractivity contribution in [2.75, 3.05) is 47.4 Å². The van der Waals surface area contributed by atoms with Crippen LogP contribution in [-0.2, 0) is 6.18 Å². The number of halogens is 3. The van der Waals surface area contributed by atoms with Crippen LogP contribution < -0.4 is 21.3 Å². The zero-order valence-corrected chi connectivity index (χ0v) is 13.7. The van der Waals surface area contributed by atoms with Crippen LogP contribution in [0.2, 0.25) is 0 Å². The number of aromatic nitrogens is 2. The third-order valence-corrected chi connectivity index (χ3v) is 4.26. The number of piperazine rings is 1. The SMILES string of the molecule is Cc1nc(N)nc(N)c1N1CCN(c2ccc(C(F)(F)F)cc2)CC1. The molecule has 0 spiro atoms. The zero-order chi connectivity index (χ0) is 18.2. The van der Waals surface area contributed by atoms with E-state index in [1.54, 1.807) is 0 Å². The van der Waals surface area contributed by atoms with Crippen LogP contribution in [0.15, 0.2) is 24.3 Å². The molecule has 3 rings (SSSR count). The summed E-state index contributed by atoms with van der Waals surface area (Å²) >= 11 is 0. The van der Waals surface area contributed by atoms with Gasteiger partial charge >= 0.3 is 6.18 Å². The minimum atomic E-state index is -4.32. The van der Waals surface area contributed by atoms with Crippen molar-refractivity contribution >= 4 is 23.1 Å².